The first-order valence-corrected chi connectivity index (χ1v) is 5.91. The van der Waals surface area contributed by atoms with Gasteiger partial charge in [-0.15, -0.1) is 0 Å². The van der Waals surface area contributed by atoms with E-state index in [1.807, 2.05) is 32.9 Å². The predicted octanol–water partition coefficient (Wildman–Crippen LogP) is 4.65. The van der Waals surface area contributed by atoms with Crippen molar-refractivity contribution in [3.05, 3.63) is 53.3 Å². The molecule has 0 unspecified atom stereocenters. The van der Waals surface area contributed by atoms with Crippen LogP contribution in [0.15, 0.2) is 36.6 Å². The van der Waals surface area contributed by atoms with Crippen molar-refractivity contribution < 1.29 is 4.74 Å². The summed E-state index contributed by atoms with van der Waals surface area (Å²) in [6.45, 7) is 14.2. The molecule has 0 N–H and O–H groups in total. The van der Waals surface area contributed by atoms with Crippen LogP contribution in [0.25, 0.3) is 6.08 Å². The van der Waals surface area contributed by atoms with Crippen LogP contribution >= 0.6 is 0 Å². The zero-order chi connectivity index (χ0) is 13.1. The number of allylic oxidation sites excluding steroid dienone is 1. The number of hydrogen-bond acceptors (Lipinski definition) is 1. The van der Waals surface area contributed by atoms with Gasteiger partial charge in [0.15, 0.2) is 0 Å². The first kappa shape index (κ1) is 13.6. The quantitative estimate of drug-likeness (QED) is 0.542. The van der Waals surface area contributed by atoms with E-state index in [-0.39, 0.29) is 5.60 Å². The molecule has 1 aromatic rings. The van der Waals surface area contributed by atoms with Gasteiger partial charge < -0.3 is 4.74 Å². The van der Waals surface area contributed by atoms with Crippen molar-refractivity contribution in [2.75, 3.05) is 0 Å². The Balaban J connectivity index is 2.74. The molecule has 92 valence electrons. The molecule has 0 aromatic heterocycles. The number of aryl methyl sites for hydroxylation is 2. The highest BCUT2D eigenvalue weighted by molar-refractivity contribution is 5.56. The summed E-state index contributed by atoms with van der Waals surface area (Å²) in [5.74, 6) is 0.692. The van der Waals surface area contributed by atoms with Crippen LogP contribution in [0.2, 0.25) is 0 Å². The van der Waals surface area contributed by atoms with Gasteiger partial charge in [-0.2, -0.15) is 0 Å². The van der Waals surface area contributed by atoms with E-state index in [9.17, 15) is 0 Å². The summed E-state index contributed by atoms with van der Waals surface area (Å²) in [6.07, 6.45) is 3.96. The van der Waals surface area contributed by atoms with Crippen LogP contribution < -0.4 is 0 Å². The molecule has 0 amide bonds. The van der Waals surface area contributed by atoms with E-state index in [0.29, 0.717) is 5.76 Å². The van der Waals surface area contributed by atoms with Crippen molar-refractivity contribution in [1.29, 1.82) is 0 Å². The molecule has 0 saturated heterocycles. The molecule has 1 nitrogen and oxygen atoms in total. The summed E-state index contributed by atoms with van der Waals surface area (Å²) in [4.78, 5) is 0. The fourth-order valence-corrected chi connectivity index (χ4v) is 1.62. The Morgan fingerprint density at radius 1 is 1.24 bits per heavy atom. The van der Waals surface area contributed by atoms with E-state index >= 15 is 0 Å². The van der Waals surface area contributed by atoms with Gasteiger partial charge in [-0.05, 0) is 51.8 Å². The molecule has 0 aliphatic carbocycles. The van der Waals surface area contributed by atoms with Gasteiger partial charge in [0.05, 0.1) is 0 Å². The summed E-state index contributed by atoms with van der Waals surface area (Å²) in [6, 6.07) is 6.40. The maximum Gasteiger partial charge on any atom is 0.112 e. The Bertz CT molecular complexity index is 433. The first-order chi connectivity index (χ1) is 7.78. The lowest BCUT2D eigenvalue weighted by Crippen LogP contribution is -2.17. The molecular formula is C16H22O. The average Bonchev–Trinajstić information content (AvgIpc) is 2.13. The molecule has 1 rings (SSSR count). The third-order valence-electron chi connectivity index (χ3n) is 2.31. The lowest BCUT2D eigenvalue weighted by Gasteiger charge is -2.21. The molecule has 17 heavy (non-hydrogen) atoms. The number of ether oxygens (including phenoxy) is 1. The summed E-state index contributed by atoms with van der Waals surface area (Å²) < 4.78 is 5.64. The third-order valence-corrected chi connectivity index (χ3v) is 2.31. The van der Waals surface area contributed by atoms with Crippen molar-refractivity contribution in [2.45, 2.75) is 40.2 Å². The Hall–Kier alpha value is -1.50. The zero-order valence-electron chi connectivity index (χ0n) is 11.5. The van der Waals surface area contributed by atoms with E-state index in [2.05, 4.69) is 38.6 Å². The van der Waals surface area contributed by atoms with Crippen molar-refractivity contribution in [3.8, 4) is 0 Å². The fourth-order valence-electron chi connectivity index (χ4n) is 1.62. The SMILES string of the molecule is C=C(/C=C/c1ccc(C)cc1C)OC(C)(C)C. The molecular weight excluding hydrogens is 208 g/mol. The molecule has 1 aromatic carbocycles. The second-order valence-electron chi connectivity index (χ2n) is 5.37. The van der Waals surface area contributed by atoms with Crippen LogP contribution in [0.5, 0.6) is 0 Å². The molecule has 0 radical (unpaired) electrons. The van der Waals surface area contributed by atoms with E-state index in [4.69, 9.17) is 4.74 Å². The van der Waals surface area contributed by atoms with Gasteiger partial charge in [-0.25, -0.2) is 0 Å². The van der Waals surface area contributed by atoms with Gasteiger partial charge in [-0.1, -0.05) is 36.4 Å². The largest absolute Gasteiger partial charge is 0.489 e. The summed E-state index contributed by atoms with van der Waals surface area (Å²) in [5, 5.41) is 0. The highest BCUT2D eigenvalue weighted by Crippen LogP contribution is 2.16. The maximum atomic E-state index is 5.64. The van der Waals surface area contributed by atoms with Gasteiger partial charge in [0, 0.05) is 0 Å². The zero-order valence-corrected chi connectivity index (χ0v) is 11.5. The topological polar surface area (TPSA) is 9.23 Å². The average molecular weight is 230 g/mol. The van der Waals surface area contributed by atoms with Crippen molar-refractivity contribution in [3.63, 3.8) is 0 Å². The molecule has 0 saturated carbocycles. The van der Waals surface area contributed by atoms with Gasteiger partial charge in [0.25, 0.3) is 0 Å². The third kappa shape index (κ3) is 4.90. The normalized spacial score (nSPS) is 11.8. The van der Waals surface area contributed by atoms with Crippen LogP contribution in [0.1, 0.15) is 37.5 Å². The molecule has 0 aliphatic heterocycles. The molecule has 0 aliphatic rings. The molecule has 0 atom stereocenters. The van der Waals surface area contributed by atoms with Crippen LogP contribution in [0.4, 0.5) is 0 Å². The second kappa shape index (κ2) is 5.22. The van der Waals surface area contributed by atoms with E-state index in [1.165, 1.54) is 16.7 Å². The van der Waals surface area contributed by atoms with Gasteiger partial charge in [0.2, 0.25) is 0 Å². The predicted molar refractivity (Wildman–Crippen MR) is 74.9 cm³/mol. The van der Waals surface area contributed by atoms with Crippen LogP contribution in [0.3, 0.4) is 0 Å². The lowest BCUT2D eigenvalue weighted by molar-refractivity contribution is 0.0611. The maximum absolute atomic E-state index is 5.64. The standard InChI is InChI=1S/C16H22O/c1-12-7-9-15(13(2)11-12)10-8-14(3)17-16(4,5)6/h7-11H,3H2,1-2,4-6H3/b10-8+. The molecule has 0 spiro atoms. The van der Waals surface area contributed by atoms with Crippen LogP contribution in [-0.2, 0) is 4.74 Å². The highest BCUT2D eigenvalue weighted by atomic mass is 16.5. The lowest BCUT2D eigenvalue weighted by atomic mass is 10.1. The Kier molecular flexibility index (Phi) is 4.17. The van der Waals surface area contributed by atoms with Gasteiger partial charge in [0.1, 0.15) is 11.4 Å². The van der Waals surface area contributed by atoms with Crippen molar-refractivity contribution in [2.24, 2.45) is 0 Å². The monoisotopic (exact) mass is 230 g/mol. The molecule has 0 bridgehead atoms. The fraction of sp³-hybridized carbons (Fsp3) is 0.375. The van der Waals surface area contributed by atoms with E-state index in [0.717, 1.165) is 0 Å². The van der Waals surface area contributed by atoms with Gasteiger partial charge >= 0.3 is 0 Å². The minimum absolute atomic E-state index is 0.191. The molecule has 0 fully saturated rings. The summed E-state index contributed by atoms with van der Waals surface area (Å²) in [5.41, 5.74) is 3.56. The smallest absolute Gasteiger partial charge is 0.112 e. The number of benzene rings is 1. The molecule has 0 heterocycles. The Morgan fingerprint density at radius 2 is 1.88 bits per heavy atom. The van der Waals surface area contributed by atoms with Crippen molar-refractivity contribution in [1.82, 2.24) is 0 Å². The number of rotatable bonds is 3. The minimum atomic E-state index is -0.191. The summed E-state index contributed by atoms with van der Waals surface area (Å²) in [7, 11) is 0. The Morgan fingerprint density at radius 3 is 2.41 bits per heavy atom. The van der Waals surface area contributed by atoms with Crippen molar-refractivity contribution >= 4 is 6.08 Å². The summed E-state index contributed by atoms with van der Waals surface area (Å²) >= 11 is 0. The second-order valence-corrected chi connectivity index (χ2v) is 5.37. The van der Waals surface area contributed by atoms with E-state index < -0.39 is 0 Å². The highest BCUT2D eigenvalue weighted by Gasteiger charge is 2.10. The van der Waals surface area contributed by atoms with Crippen LogP contribution in [0, 0.1) is 13.8 Å². The number of hydrogen-bond donors (Lipinski definition) is 0. The van der Waals surface area contributed by atoms with Crippen LogP contribution in [-0.4, -0.2) is 5.60 Å². The van der Waals surface area contributed by atoms with E-state index in [1.54, 1.807) is 0 Å². The minimum Gasteiger partial charge on any atom is -0.489 e. The molecule has 1 heteroatoms. The first-order valence-electron chi connectivity index (χ1n) is 5.91. The Labute approximate surface area is 105 Å². The van der Waals surface area contributed by atoms with Gasteiger partial charge in [-0.3, -0.25) is 0 Å².